The summed E-state index contributed by atoms with van der Waals surface area (Å²) in [6.45, 7) is 5.94. The first-order chi connectivity index (χ1) is 9.19. The van der Waals surface area contributed by atoms with Crippen LogP contribution in [0.15, 0.2) is 22.6 Å². The lowest BCUT2D eigenvalue weighted by molar-refractivity contribution is 0.508. The van der Waals surface area contributed by atoms with Crippen LogP contribution in [-0.2, 0) is 12.8 Å². The molecule has 0 amide bonds. The lowest BCUT2D eigenvalue weighted by Gasteiger charge is -2.17. The van der Waals surface area contributed by atoms with E-state index in [4.69, 9.17) is 0 Å². The molecule has 0 saturated heterocycles. The number of aromatic nitrogens is 2. The summed E-state index contributed by atoms with van der Waals surface area (Å²) >= 11 is 3.21. The maximum absolute atomic E-state index is 12.3. The lowest BCUT2D eigenvalue weighted by atomic mass is 9.89. The fraction of sp³-hybridized carbons (Fsp3) is 0.429. The summed E-state index contributed by atoms with van der Waals surface area (Å²) in [6.07, 6.45) is 5.14. The largest absolute Gasteiger partial charge is 0.301 e. The highest BCUT2D eigenvalue weighted by atomic mass is 32.2. The van der Waals surface area contributed by atoms with E-state index in [9.17, 15) is 4.79 Å². The van der Waals surface area contributed by atoms with Crippen molar-refractivity contribution >= 4 is 33.3 Å². The summed E-state index contributed by atoms with van der Waals surface area (Å²) in [5.41, 5.74) is 1.26. The average Bonchev–Trinajstić information content (AvgIpc) is 2.74. The average molecular weight is 292 g/mol. The molecule has 0 unspecified atom stereocenters. The van der Waals surface area contributed by atoms with Crippen molar-refractivity contribution in [3.8, 4) is 0 Å². The van der Waals surface area contributed by atoms with E-state index in [1.165, 1.54) is 28.6 Å². The van der Waals surface area contributed by atoms with Crippen molar-refractivity contribution in [3.05, 3.63) is 33.4 Å². The van der Waals surface area contributed by atoms with E-state index in [0.717, 1.165) is 28.8 Å². The lowest BCUT2D eigenvalue weighted by Crippen LogP contribution is -2.14. The Morgan fingerprint density at radius 1 is 1.63 bits per heavy atom. The molecule has 5 heteroatoms. The summed E-state index contributed by atoms with van der Waals surface area (Å²) < 4.78 is 0. The van der Waals surface area contributed by atoms with Gasteiger partial charge in [0, 0.05) is 10.6 Å². The second kappa shape index (κ2) is 5.13. The standard InChI is InChI=1S/C14H16N2OS2/c1-3-6-18-14-15-12(17)11-9-7-8(2)4-5-10(9)19-13(11)16-14/h3,8H,1,4-7H2,2H3,(H,15,16,17)/t8-/m1/s1. The molecule has 3 rings (SSSR count). The third kappa shape index (κ3) is 2.37. The molecule has 2 aromatic rings. The minimum Gasteiger partial charge on any atom is -0.301 e. The van der Waals surface area contributed by atoms with Gasteiger partial charge in [0.15, 0.2) is 5.16 Å². The Balaban J connectivity index is 2.12. The minimum absolute atomic E-state index is 0.0168. The van der Waals surface area contributed by atoms with Crippen LogP contribution in [-0.4, -0.2) is 15.7 Å². The smallest absolute Gasteiger partial charge is 0.260 e. The van der Waals surface area contributed by atoms with E-state index in [-0.39, 0.29) is 5.56 Å². The molecule has 1 atom stereocenters. The quantitative estimate of drug-likeness (QED) is 0.536. The van der Waals surface area contributed by atoms with Crippen LogP contribution >= 0.6 is 23.1 Å². The number of H-pyrrole nitrogens is 1. The summed E-state index contributed by atoms with van der Waals surface area (Å²) in [5, 5.41) is 1.53. The minimum atomic E-state index is 0.0168. The molecule has 19 heavy (non-hydrogen) atoms. The molecule has 0 fully saturated rings. The zero-order valence-corrected chi connectivity index (χ0v) is 12.5. The van der Waals surface area contributed by atoms with Gasteiger partial charge in [-0.3, -0.25) is 4.79 Å². The van der Waals surface area contributed by atoms with Gasteiger partial charge in [-0.2, -0.15) is 0 Å². The Hall–Kier alpha value is -1.07. The van der Waals surface area contributed by atoms with Crippen LogP contribution in [0.2, 0.25) is 0 Å². The molecular weight excluding hydrogens is 276 g/mol. The first-order valence-electron chi connectivity index (χ1n) is 6.47. The summed E-state index contributed by atoms with van der Waals surface area (Å²) in [7, 11) is 0. The van der Waals surface area contributed by atoms with Gasteiger partial charge in [-0.05, 0) is 30.7 Å². The van der Waals surface area contributed by atoms with Crippen LogP contribution in [0.1, 0.15) is 23.8 Å². The van der Waals surface area contributed by atoms with Crippen molar-refractivity contribution < 1.29 is 0 Å². The first kappa shape index (κ1) is 12.9. The molecule has 2 aromatic heterocycles. The van der Waals surface area contributed by atoms with E-state index in [0.29, 0.717) is 11.1 Å². The van der Waals surface area contributed by atoms with E-state index >= 15 is 0 Å². The fourth-order valence-corrected chi connectivity index (χ4v) is 4.41. The van der Waals surface area contributed by atoms with Crippen LogP contribution in [0.5, 0.6) is 0 Å². The van der Waals surface area contributed by atoms with E-state index in [1.807, 2.05) is 6.08 Å². The zero-order chi connectivity index (χ0) is 13.4. The zero-order valence-electron chi connectivity index (χ0n) is 10.9. The number of rotatable bonds is 3. The van der Waals surface area contributed by atoms with Gasteiger partial charge in [0.2, 0.25) is 0 Å². The molecule has 1 N–H and O–H groups in total. The van der Waals surface area contributed by atoms with E-state index in [1.54, 1.807) is 11.3 Å². The van der Waals surface area contributed by atoms with Crippen molar-refractivity contribution in [2.75, 3.05) is 5.75 Å². The predicted octanol–water partition coefficient (Wildman–Crippen LogP) is 3.39. The van der Waals surface area contributed by atoms with Crippen molar-refractivity contribution in [1.82, 2.24) is 9.97 Å². The van der Waals surface area contributed by atoms with Gasteiger partial charge in [0.25, 0.3) is 5.56 Å². The third-order valence-electron chi connectivity index (χ3n) is 3.48. The maximum Gasteiger partial charge on any atom is 0.260 e. The Morgan fingerprint density at radius 3 is 3.26 bits per heavy atom. The van der Waals surface area contributed by atoms with Crippen LogP contribution < -0.4 is 5.56 Å². The van der Waals surface area contributed by atoms with Gasteiger partial charge in [-0.15, -0.1) is 17.9 Å². The Labute approximate surface area is 120 Å². The number of nitrogens with zero attached hydrogens (tertiary/aromatic N) is 1. The summed E-state index contributed by atoms with van der Waals surface area (Å²) in [4.78, 5) is 22.0. The van der Waals surface area contributed by atoms with Crippen LogP contribution in [0.4, 0.5) is 0 Å². The Bertz CT molecular complexity index is 687. The molecule has 1 aliphatic rings. The number of fused-ring (bicyclic) bond motifs is 3. The number of aryl methyl sites for hydroxylation is 1. The monoisotopic (exact) mass is 292 g/mol. The topological polar surface area (TPSA) is 45.8 Å². The molecule has 2 heterocycles. The number of nitrogens with one attached hydrogen (secondary N) is 1. The van der Waals surface area contributed by atoms with Crippen molar-refractivity contribution in [2.24, 2.45) is 5.92 Å². The highest BCUT2D eigenvalue weighted by molar-refractivity contribution is 7.99. The molecule has 100 valence electrons. The van der Waals surface area contributed by atoms with Gasteiger partial charge in [0.05, 0.1) is 5.39 Å². The highest BCUT2D eigenvalue weighted by Crippen LogP contribution is 2.35. The van der Waals surface area contributed by atoms with Gasteiger partial charge in [0.1, 0.15) is 4.83 Å². The van der Waals surface area contributed by atoms with Gasteiger partial charge in [-0.1, -0.05) is 24.8 Å². The number of thioether (sulfide) groups is 1. The molecule has 0 spiro atoms. The van der Waals surface area contributed by atoms with E-state index < -0.39 is 0 Å². The van der Waals surface area contributed by atoms with Gasteiger partial charge >= 0.3 is 0 Å². The van der Waals surface area contributed by atoms with Crippen molar-refractivity contribution in [1.29, 1.82) is 0 Å². The molecule has 0 aromatic carbocycles. The van der Waals surface area contributed by atoms with Crippen LogP contribution in [0.3, 0.4) is 0 Å². The highest BCUT2D eigenvalue weighted by Gasteiger charge is 2.23. The molecule has 0 bridgehead atoms. The maximum atomic E-state index is 12.3. The number of hydrogen-bond donors (Lipinski definition) is 1. The van der Waals surface area contributed by atoms with Crippen molar-refractivity contribution in [3.63, 3.8) is 0 Å². The number of aromatic amines is 1. The summed E-state index contributed by atoms with van der Waals surface area (Å²) in [6, 6.07) is 0. The van der Waals surface area contributed by atoms with E-state index in [2.05, 4.69) is 23.5 Å². The predicted molar refractivity (Wildman–Crippen MR) is 82.4 cm³/mol. The molecule has 0 saturated carbocycles. The molecule has 1 aliphatic carbocycles. The number of thiophene rings is 1. The molecular formula is C14H16N2OS2. The third-order valence-corrected chi connectivity index (χ3v) is 5.53. The molecule has 0 aliphatic heterocycles. The molecule has 0 radical (unpaired) electrons. The fourth-order valence-electron chi connectivity index (χ4n) is 2.54. The molecule has 3 nitrogen and oxygen atoms in total. The summed E-state index contributed by atoms with van der Waals surface area (Å²) in [5.74, 6) is 1.43. The van der Waals surface area contributed by atoms with Crippen molar-refractivity contribution in [2.45, 2.75) is 31.3 Å². The Morgan fingerprint density at radius 2 is 2.47 bits per heavy atom. The second-order valence-corrected chi connectivity index (χ2v) is 7.10. The SMILES string of the molecule is C=CCSc1nc2sc3c(c2c(=O)[nH]1)C[C@H](C)CC3. The van der Waals surface area contributed by atoms with Gasteiger partial charge < -0.3 is 4.98 Å². The first-order valence-corrected chi connectivity index (χ1v) is 8.27. The normalized spacial score (nSPS) is 18.5. The van der Waals surface area contributed by atoms with Crippen LogP contribution in [0, 0.1) is 5.92 Å². The van der Waals surface area contributed by atoms with Gasteiger partial charge in [-0.25, -0.2) is 4.98 Å². The van der Waals surface area contributed by atoms with Crippen LogP contribution in [0.25, 0.3) is 10.2 Å². The number of hydrogen-bond acceptors (Lipinski definition) is 4. The Kier molecular flexibility index (Phi) is 3.50. The second-order valence-electron chi connectivity index (χ2n) is 5.00.